The second kappa shape index (κ2) is 4.63. The first-order valence-electron chi connectivity index (χ1n) is 5.64. The smallest absolute Gasteiger partial charge is 0.252 e. The first-order chi connectivity index (χ1) is 7.33. The highest BCUT2D eigenvalue weighted by atomic mass is 16.5. The first kappa shape index (κ1) is 10.4. The molecule has 0 aliphatic carbocycles. The van der Waals surface area contributed by atoms with Gasteiger partial charge in [0, 0.05) is 13.2 Å². The standard InChI is InChI=1S/C11H16N2O2/c12-8-9-4-1-2-6-13(9)11(14)10-5-3-7-15-10/h9-10H,1-7H2. The maximum Gasteiger partial charge on any atom is 0.252 e. The Morgan fingerprint density at radius 3 is 2.87 bits per heavy atom. The quantitative estimate of drug-likeness (QED) is 0.647. The van der Waals surface area contributed by atoms with Crippen LogP contribution in [0.3, 0.4) is 0 Å². The van der Waals surface area contributed by atoms with E-state index in [1.165, 1.54) is 0 Å². The number of nitrogens with zero attached hydrogens (tertiary/aromatic N) is 2. The summed E-state index contributed by atoms with van der Waals surface area (Å²) in [6, 6.07) is 1.98. The van der Waals surface area contributed by atoms with Crippen molar-refractivity contribution < 1.29 is 9.53 Å². The minimum Gasteiger partial charge on any atom is -0.368 e. The Bertz CT molecular complexity index is 279. The molecule has 82 valence electrons. The predicted octanol–water partition coefficient (Wildman–Crippen LogP) is 1.07. The average Bonchev–Trinajstić information content (AvgIpc) is 2.81. The van der Waals surface area contributed by atoms with Gasteiger partial charge in [-0.1, -0.05) is 0 Å². The summed E-state index contributed by atoms with van der Waals surface area (Å²) in [5.74, 6) is 0.0266. The van der Waals surface area contributed by atoms with Crippen molar-refractivity contribution in [2.45, 2.75) is 44.2 Å². The summed E-state index contributed by atoms with van der Waals surface area (Å²) in [6.07, 6.45) is 4.37. The highest BCUT2D eigenvalue weighted by molar-refractivity contribution is 5.81. The van der Waals surface area contributed by atoms with Crippen molar-refractivity contribution in [3.05, 3.63) is 0 Å². The molecule has 4 nitrogen and oxygen atoms in total. The number of amides is 1. The number of carbonyl (C=O) groups excluding carboxylic acids is 1. The predicted molar refractivity (Wildman–Crippen MR) is 53.9 cm³/mol. The molecule has 2 aliphatic rings. The van der Waals surface area contributed by atoms with Gasteiger partial charge in [-0.2, -0.15) is 5.26 Å². The van der Waals surface area contributed by atoms with Crippen LogP contribution >= 0.6 is 0 Å². The number of piperidine rings is 1. The van der Waals surface area contributed by atoms with Crippen molar-refractivity contribution in [2.75, 3.05) is 13.2 Å². The fourth-order valence-corrected chi connectivity index (χ4v) is 2.29. The van der Waals surface area contributed by atoms with Gasteiger partial charge in [0.2, 0.25) is 0 Å². The molecule has 0 aromatic rings. The zero-order chi connectivity index (χ0) is 10.7. The average molecular weight is 208 g/mol. The largest absolute Gasteiger partial charge is 0.368 e. The number of nitriles is 1. The SMILES string of the molecule is N#CC1CCCCN1C(=O)C1CCCO1. The molecule has 2 fully saturated rings. The van der Waals surface area contributed by atoms with E-state index in [1.54, 1.807) is 4.90 Å². The van der Waals surface area contributed by atoms with E-state index in [2.05, 4.69) is 6.07 Å². The van der Waals surface area contributed by atoms with Crippen molar-refractivity contribution in [1.82, 2.24) is 4.90 Å². The lowest BCUT2D eigenvalue weighted by atomic mass is 10.0. The number of likely N-dealkylation sites (tertiary alicyclic amines) is 1. The van der Waals surface area contributed by atoms with Crippen LogP contribution in [0.1, 0.15) is 32.1 Å². The topological polar surface area (TPSA) is 53.3 Å². The number of ether oxygens (including phenoxy) is 1. The van der Waals surface area contributed by atoms with E-state index in [0.717, 1.165) is 38.6 Å². The molecule has 2 rings (SSSR count). The summed E-state index contributed by atoms with van der Waals surface area (Å²) in [6.45, 7) is 1.40. The second-order valence-corrected chi connectivity index (χ2v) is 4.17. The van der Waals surface area contributed by atoms with Gasteiger partial charge in [-0.3, -0.25) is 4.79 Å². The first-order valence-corrected chi connectivity index (χ1v) is 5.64. The molecular formula is C11H16N2O2. The summed E-state index contributed by atoms with van der Waals surface area (Å²) in [7, 11) is 0. The minimum absolute atomic E-state index is 0.0266. The van der Waals surface area contributed by atoms with Crippen LogP contribution in [0.4, 0.5) is 0 Å². The van der Waals surface area contributed by atoms with E-state index < -0.39 is 0 Å². The molecule has 1 amide bonds. The Balaban J connectivity index is 2.00. The summed E-state index contributed by atoms with van der Waals surface area (Å²) in [5.41, 5.74) is 0. The van der Waals surface area contributed by atoms with E-state index in [1.807, 2.05) is 0 Å². The van der Waals surface area contributed by atoms with Gasteiger partial charge in [0.05, 0.1) is 6.07 Å². The van der Waals surface area contributed by atoms with E-state index >= 15 is 0 Å². The molecule has 2 unspecified atom stereocenters. The monoisotopic (exact) mass is 208 g/mol. The van der Waals surface area contributed by atoms with Gasteiger partial charge in [0.1, 0.15) is 12.1 Å². The second-order valence-electron chi connectivity index (χ2n) is 4.17. The Morgan fingerprint density at radius 1 is 1.33 bits per heavy atom. The van der Waals surface area contributed by atoms with Gasteiger partial charge in [0.25, 0.3) is 5.91 Å². The molecule has 0 N–H and O–H groups in total. The van der Waals surface area contributed by atoms with Gasteiger partial charge in [-0.25, -0.2) is 0 Å². The Labute approximate surface area is 89.8 Å². The van der Waals surface area contributed by atoms with Crippen LogP contribution in [0.5, 0.6) is 0 Å². The maximum atomic E-state index is 12.0. The third-order valence-corrected chi connectivity index (χ3v) is 3.14. The third-order valence-electron chi connectivity index (χ3n) is 3.14. The van der Waals surface area contributed by atoms with E-state index in [4.69, 9.17) is 10.00 Å². The Kier molecular flexibility index (Phi) is 3.22. The number of rotatable bonds is 1. The molecule has 2 saturated heterocycles. The van der Waals surface area contributed by atoms with Crippen LogP contribution in [0.15, 0.2) is 0 Å². The Hall–Kier alpha value is -1.08. The number of carbonyl (C=O) groups is 1. The van der Waals surface area contributed by atoms with Crippen LogP contribution in [0.25, 0.3) is 0 Å². The van der Waals surface area contributed by atoms with E-state index in [0.29, 0.717) is 6.61 Å². The molecule has 0 spiro atoms. The molecule has 4 heteroatoms. The highest BCUT2D eigenvalue weighted by Gasteiger charge is 2.33. The van der Waals surface area contributed by atoms with Crippen molar-refractivity contribution >= 4 is 5.91 Å². The maximum absolute atomic E-state index is 12.0. The van der Waals surface area contributed by atoms with Crippen molar-refractivity contribution in [3.63, 3.8) is 0 Å². The summed E-state index contributed by atoms with van der Waals surface area (Å²) < 4.78 is 5.36. The highest BCUT2D eigenvalue weighted by Crippen LogP contribution is 2.21. The van der Waals surface area contributed by atoms with Gasteiger partial charge in [0.15, 0.2) is 0 Å². The number of hydrogen-bond acceptors (Lipinski definition) is 3. The van der Waals surface area contributed by atoms with Crippen LogP contribution in [0.2, 0.25) is 0 Å². The molecule has 2 atom stereocenters. The zero-order valence-corrected chi connectivity index (χ0v) is 8.82. The van der Waals surface area contributed by atoms with Gasteiger partial charge >= 0.3 is 0 Å². The van der Waals surface area contributed by atoms with Gasteiger partial charge in [-0.15, -0.1) is 0 Å². The minimum atomic E-state index is -0.279. The van der Waals surface area contributed by atoms with E-state index in [9.17, 15) is 4.79 Å². The number of hydrogen-bond donors (Lipinski definition) is 0. The van der Waals surface area contributed by atoms with Gasteiger partial charge < -0.3 is 9.64 Å². The lowest BCUT2D eigenvalue weighted by Crippen LogP contribution is -2.47. The van der Waals surface area contributed by atoms with E-state index in [-0.39, 0.29) is 18.1 Å². The van der Waals surface area contributed by atoms with Crippen LogP contribution < -0.4 is 0 Å². The summed E-state index contributed by atoms with van der Waals surface area (Å²) in [4.78, 5) is 13.7. The molecule has 0 bridgehead atoms. The molecular weight excluding hydrogens is 192 g/mol. The Morgan fingerprint density at radius 2 is 2.20 bits per heavy atom. The summed E-state index contributed by atoms with van der Waals surface area (Å²) in [5, 5.41) is 8.97. The summed E-state index contributed by atoms with van der Waals surface area (Å²) >= 11 is 0. The molecule has 2 aliphatic heterocycles. The lowest BCUT2D eigenvalue weighted by molar-refractivity contribution is -0.143. The molecule has 0 aromatic carbocycles. The molecule has 15 heavy (non-hydrogen) atoms. The van der Waals surface area contributed by atoms with Crippen LogP contribution in [0, 0.1) is 11.3 Å². The molecule has 0 aromatic heterocycles. The van der Waals surface area contributed by atoms with Gasteiger partial charge in [-0.05, 0) is 32.1 Å². The van der Waals surface area contributed by atoms with Crippen molar-refractivity contribution in [1.29, 1.82) is 5.26 Å². The zero-order valence-electron chi connectivity index (χ0n) is 8.82. The van der Waals surface area contributed by atoms with Crippen molar-refractivity contribution in [2.24, 2.45) is 0 Å². The van der Waals surface area contributed by atoms with Crippen LogP contribution in [-0.4, -0.2) is 36.1 Å². The molecule has 0 saturated carbocycles. The normalized spacial score (nSPS) is 31.3. The van der Waals surface area contributed by atoms with Crippen molar-refractivity contribution in [3.8, 4) is 6.07 Å². The molecule has 2 heterocycles. The third kappa shape index (κ3) is 2.13. The lowest BCUT2D eigenvalue weighted by Gasteiger charge is -2.32. The fourth-order valence-electron chi connectivity index (χ4n) is 2.29. The fraction of sp³-hybridized carbons (Fsp3) is 0.818. The van der Waals surface area contributed by atoms with Crippen LogP contribution in [-0.2, 0) is 9.53 Å². The molecule has 0 radical (unpaired) electrons.